The number of carboxylic acids is 2. The Kier molecular flexibility index (Phi) is 33.8. The number of amides is 3. The monoisotopic (exact) mass is 1800 g/mol. The van der Waals surface area contributed by atoms with Crippen LogP contribution >= 0.6 is 0 Å². The number of oxime groups is 4. The summed E-state index contributed by atoms with van der Waals surface area (Å²) in [6.45, 7) is 19.2. The molecule has 4 aliphatic rings. The van der Waals surface area contributed by atoms with E-state index >= 15 is 0 Å². The average molecular weight is 1800 g/mol. The lowest BCUT2D eigenvalue weighted by Crippen LogP contribution is -2.37. The first-order valence-electron chi connectivity index (χ1n) is 39.8. The molecule has 7 N–H and O–H groups in total. The Morgan fingerprint density at radius 1 is 0.391 bits per heavy atom. The molecular formula is C86H103F9N16O17. The maximum Gasteiger partial charge on any atom is 0.405 e. The molecule has 33 nitrogen and oxygen atoms in total. The average Bonchev–Trinajstić information content (AvgIpc) is 1.64. The molecule has 12 rings (SSSR count). The van der Waals surface area contributed by atoms with Gasteiger partial charge in [0.25, 0.3) is 0 Å². The van der Waals surface area contributed by atoms with E-state index in [9.17, 15) is 73.1 Å². The van der Waals surface area contributed by atoms with Gasteiger partial charge in [0.1, 0.15) is 57.9 Å². The molecule has 0 aliphatic carbocycles. The molecule has 0 radical (unpaired) electrons. The van der Waals surface area contributed by atoms with Crippen LogP contribution in [0.25, 0.3) is 0 Å². The second-order valence-electron chi connectivity index (χ2n) is 31.5. The second kappa shape index (κ2) is 42.8. The van der Waals surface area contributed by atoms with Gasteiger partial charge in [-0.25, -0.2) is 28.3 Å². The van der Waals surface area contributed by atoms with Crippen molar-refractivity contribution in [1.29, 1.82) is 0 Å². The fraction of sp³-hybridized carbons (Fsp3) is 0.453. The van der Waals surface area contributed by atoms with Gasteiger partial charge >= 0.3 is 30.5 Å². The number of benzene rings is 4. The first-order valence-corrected chi connectivity index (χ1v) is 39.8. The highest BCUT2D eigenvalue weighted by Crippen LogP contribution is 2.41. The van der Waals surface area contributed by atoms with Crippen LogP contribution in [-0.4, -0.2) is 187 Å². The van der Waals surface area contributed by atoms with Crippen molar-refractivity contribution >= 4 is 64.1 Å². The van der Waals surface area contributed by atoms with Gasteiger partial charge in [-0.05, 0) is 188 Å². The van der Waals surface area contributed by atoms with Gasteiger partial charge in [-0.15, -0.1) is 0 Å². The van der Waals surface area contributed by atoms with E-state index in [1.54, 1.807) is 145 Å². The molecule has 0 bridgehead atoms. The van der Waals surface area contributed by atoms with Crippen molar-refractivity contribution < 1.29 is 122 Å². The summed E-state index contributed by atoms with van der Waals surface area (Å²) in [5.74, 6) is -4.95. The number of ether oxygens (including phenoxy) is 4. The van der Waals surface area contributed by atoms with E-state index in [2.05, 4.69) is 41.0 Å². The minimum absolute atomic E-state index is 0.185. The third kappa shape index (κ3) is 27.3. The van der Waals surface area contributed by atoms with Crippen molar-refractivity contribution in [1.82, 2.24) is 55.1 Å². The molecule has 4 aromatic carbocycles. The molecule has 4 aliphatic heterocycles. The molecule has 128 heavy (non-hydrogen) atoms. The fourth-order valence-corrected chi connectivity index (χ4v) is 13.8. The normalized spacial score (nSPS) is 18.0. The number of carbonyl (C=O) groups is 7. The molecule has 8 heterocycles. The number of nitrogens with two attached hydrogens (primary N) is 1. The fourth-order valence-electron chi connectivity index (χ4n) is 13.8. The predicted octanol–water partition coefficient (Wildman–Crippen LogP) is 12.9. The maximum atomic E-state index is 12.5. The van der Waals surface area contributed by atoms with E-state index in [0.717, 1.165) is 79.2 Å². The summed E-state index contributed by atoms with van der Waals surface area (Å²) in [4.78, 5) is 104. The summed E-state index contributed by atoms with van der Waals surface area (Å²) < 4.78 is 135. The zero-order valence-corrected chi connectivity index (χ0v) is 73.4. The number of hydrogen-bond acceptors (Lipinski definition) is 24. The molecule has 4 unspecified atom stereocenters. The minimum Gasteiger partial charge on any atom is -0.478 e. The molecule has 3 amide bonds. The Hall–Kier alpha value is -12.5. The molecule has 42 heteroatoms. The van der Waals surface area contributed by atoms with Crippen molar-refractivity contribution in [2.45, 2.75) is 202 Å². The van der Waals surface area contributed by atoms with Gasteiger partial charge in [0.15, 0.2) is 34.0 Å². The van der Waals surface area contributed by atoms with E-state index in [0.29, 0.717) is 102 Å². The van der Waals surface area contributed by atoms with Crippen LogP contribution in [0.4, 0.5) is 39.5 Å². The number of aromatic carboxylic acids is 2. The van der Waals surface area contributed by atoms with Crippen molar-refractivity contribution in [3.63, 3.8) is 0 Å². The van der Waals surface area contributed by atoms with Crippen molar-refractivity contribution in [2.24, 2.45) is 26.4 Å². The van der Waals surface area contributed by atoms with E-state index in [4.69, 9.17) is 54.2 Å². The van der Waals surface area contributed by atoms with Gasteiger partial charge in [-0.3, -0.25) is 24.0 Å². The molecule has 4 atom stereocenters. The molecular weight excluding hydrogens is 1700 g/mol. The highest BCUT2D eigenvalue weighted by Gasteiger charge is 2.44. The summed E-state index contributed by atoms with van der Waals surface area (Å²) in [5, 5.41) is 58.4. The molecule has 0 saturated carbocycles. The highest BCUT2D eigenvalue weighted by molar-refractivity contribution is 6.07. The Labute approximate surface area is 730 Å². The molecule has 0 saturated heterocycles. The van der Waals surface area contributed by atoms with Crippen molar-refractivity contribution in [3.05, 3.63) is 209 Å². The number of carbonyl (C=O) groups excluding carboxylic acids is 5. The lowest BCUT2D eigenvalue weighted by Gasteiger charge is -2.22. The van der Waals surface area contributed by atoms with Crippen molar-refractivity contribution in [2.75, 3.05) is 54.6 Å². The predicted molar refractivity (Wildman–Crippen MR) is 446 cm³/mol. The zero-order chi connectivity index (χ0) is 94.8. The van der Waals surface area contributed by atoms with E-state index < -0.39 is 96.8 Å². The third-order valence-corrected chi connectivity index (χ3v) is 20.5. The van der Waals surface area contributed by atoms with Gasteiger partial charge in [0.2, 0.25) is 17.7 Å². The Bertz CT molecular complexity index is 5500. The topological polar surface area (TPSA) is 417 Å². The smallest absolute Gasteiger partial charge is 0.405 e. The summed E-state index contributed by atoms with van der Waals surface area (Å²) in [6.07, 6.45) is -12.3. The number of aromatic nitrogens is 8. The van der Waals surface area contributed by atoms with Crippen LogP contribution in [0.1, 0.15) is 211 Å². The SMILES string of the molecule is COCn1nc(C)cc1C1(C)CC(c2ccc(C(=O)CCC(=O)NCC(F)(F)F)c(C)c2)=NO1.COCn1nc(C)cc1C1(C)CC(c2ccc(C(=O)O)c(C)c2)=NO1.COCn1nc(C2(C)CC(c3ccc(C(=O)CCC(=O)NCC(F)(F)F)c(C)c3)=NO2)cc1C.COCn1nc(C2(C)CC(c3ccc(C(=O)O)c(C)c3)=NO2)cc1C.NCC(=O)NCC(F)(F)F. The van der Waals surface area contributed by atoms with Crippen LogP contribution in [0.3, 0.4) is 0 Å². The largest absolute Gasteiger partial charge is 0.478 e. The number of methoxy groups -OCH3 is 4. The van der Waals surface area contributed by atoms with Crippen LogP contribution in [0.15, 0.2) is 118 Å². The number of halogens is 9. The number of carboxylic acid groups (broad SMARTS) is 2. The lowest BCUT2D eigenvalue weighted by atomic mass is 9.91. The Morgan fingerprint density at radius 2 is 0.664 bits per heavy atom. The number of Topliss-reactive ketones (excluding diaryl/α,β-unsaturated/α-hetero) is 2. The number of alkyl halides is 9. The summed E-state index contributed by atoms with van der Waals surface area (Å²) >= 11 is 0. The van der Waals surface area contributed by atoms with E-state index in [-0.39, 0.29) is 44.0 Å². The van der Waals surface area contributed by atoms with Gasteiger partial charge in [-0.2, -0.15) is 59.9 Å². The van der Waals surface area contributed by atoms with Crippen LogP contribution in [0, 0.1) is 55.4 Å². The summed E-state index contributed by atoms with van der Waals surface area (Å²) in [6, 6.07) is 28.5. The number of hydrogen-bond donors (Lipinski definition) is 6. The van der Waals surface area contributed by atoms with E-state index in [1.165, 1.54) is 0 Å². The zero-order valence-electron chi connectivity index (χ0n) is 73.4. The van der Waals surface area contributed by atoms with Gasteiger partial charge < -0.3 is 70.2 Å². The summed E-state index contributed by atoms with van der Waals surface area (Å²) in [7, 11) is 6.42. The highest BCUT2D eigenvalue weighted by atomic mass is 19.4. The quantitative estimate of drug-likeness (QED) is 0.0180. The van der Waals surface area contributed by atoms with Crippen LogP contribution in [-0.2, 0) is 102 Å². The number of nitrogens with one attached hydrogen (secondary N) is 3. The van der Waals surface area contributed by atoms with Gasteiger partial charge in [0, 0.05) is 102 Å². The number of rotatable bonds is 30. The molecule has 692 valence electrons. The Morgan fingerprint density at radius 3 is 0.938 bits per heavy atom. The van der Waals surface area contributed by atoms with Crippen molar-refractivity contribution in [3.8, 4) is 0 Å². The first-order chi connectivity index (χ1) is 60.0. The van der Waals surface area contributed by atoms with Crippen LogP contribution in [0.2, 0.25) is 0 Å². The molecule has 0 spiro atoms. The molecule has 4 aromatic heterocycles. The molecule has 8 aromatic rings. The summed E-state index contributed by atoms with van der Waals surface area (Å²) in [5.41, 5.74) is 19.2. The van der Waals surface area contributed by atoms with Crippen LogP contribution in [0.5, 0.6) is 0 Å². The first kappa shape index (κ1) is 101. The standard InChI is InChI=1S/2C23H27F3N4O4.2C18H21N3O4.C4H7F3N2O/c1-14-9-16(5-6-17(14)19(31)7-8-21(32)27-12-23(24,25)26)18-11-22(3,34-29-18)20-10-15(2)30(28-20)13-33-4;1-14-9-16(5-6-17(14)19(31)7-8-21(32)27-12-23(24,25)26)18-11-22(3,34-29-18)20-10-15(2)28-30(20)13-33-4;1-11-7-13(5-6-14(11)17(22)23)15-9-18(3,25-20-15)16-8-12(2)21(19-16)10-24-4;1-11-7-13(5-6-14(11)17(22)23)15-9-18(3,25-20-15)16-8-12(2)19-21(16)10-24-4;5-4(6,7)2-9-3(10)1-8/h2*5-6,9-10H,7-8,11-13H2,1-4H3,(H,27,32);2*5-8H,9-10H2,1-4H3,(H,22,23);1-2,8H2,(H,9,10). The minimum atomic E-state index is -4.49. The lowest BCUT2D eigenvalue weighted by molar-refractivity contribution is -0.138. The Balaban J connectivity index is 0.000000205. The molecule has 0 fully saturated rings. The van der Waals surface area contributed by atoms with Gasteiger partial charge in [0.05, 0.1) is 63.3 Å². The number of ketones is 2. The third-order valence-electron chi connectivity index (χ3n) is 20.5. The van der Waals surface area contributed by atoms with Crippen LogP contribution < -0.4 is 21.7 Å². The number of aryl methyl sites for hydroxylation is 8. The van der Waals surface area contributed by atoms with Gasteiger partial charge in [-0.1, -0.05) is 57.0 Å². The maximum absolute atomic E-state index is 12.5. The second-order valence-corrected chi connectivity index (χ2v) is 31.5. The van der Waals surface area contributed by atoms with E-state index in [1.807, 2.05) is 97.9 Å². The number of nitrogens with zero attached hydrogens (tertiary/aromatic N) is 12.